The molecule has 1 saturated heterocycles. The predicted octanol–water partition coefficient (Wildman–Crippen LogP) is 2.33. The van der Waals surface area contributed by atoms with E-state index in [4.69, 9.17) is 4.74 Å². The number of aromatic nitrogens is 5. The summed E-state index contributed by atoms with van der Waals surface area (Å²) >= 11 is 0. The van der Waals surface area contributed by atoms with Gasteiger partial charge in [0, 0.05) is 23.0 Å². The Hall–Kier alpha value is -3.67. The Morgan fingerprint density at radius 1 is 1.35 bits per heavy atom. The number of cyclic esters (lactones) is 1. The number of aryl methyl sites for hydroxylation is 1. The third-order valence-electron chi connectivity index (χ3n) is 5.08. The Morgan fingerprint density at radius 3 is 2.68 bits per heavy atom. The number of pyridine rings is 1. The first-order chi connectivity index (χ1) is 16.0. The van der Waals surface area contributed by atoms with Crippen molar-refractivity contribution in [3.63, 3.8) is 0 Å². The van der Waals surface area contributed by atoms with Gasteiger partial charge in [0.2, 0.25) is 5.82 Å². The Labute approximate surface area is 193 Å². The molecule has 1 fully saturated rings. The van der Waals surface area contributed by atoms with E-state index in [-0.39, 0.29) is 30.0 Å². The number of carbonyl (C=O) groups excluding carboxylic acids is 1. The third-order valence-corrected chi connectivity index (χ3v) is 6.22. The molecule has 1 amide bonds. The molecule has 1 atom stereocenters. The minimum atomic E-state index is -4.62. The molecule has 0 aliphatic carbocycles. The van der Waals surface area contributed by atoms with E-state index in [1.165, 1.54) is 34.9 Å². The standard InChI is InChI=1S/C20H21FN7O5P/c1-12(2)28(34(30,31)32)11-15-10-27(20(29)33-15)14-5-6-16(17(21)8-14)13-4-7-18(22-9-13)19-23-25-26(3)24-19/h4-9,15H,1,10-11H2,2-3H3,(H2,30,31,32)/t15-/m1/s1. The van der Waals surface area contributed by atoms with E-state index in [1.807, 2.05) is 0 Å². The van der Waals surface area contributed by atoms with E-state index in [0.717, 1.165) is 4.67 Å². The van der Waals surface area contributed by atoms with Crippen LogP contribution in [0.1, 0.15) is 6.92 Å². The van der Waals surface area contributed by atoms with Crippen LogP contribution < -0.4 is 4.90 Å². The summed E-state index contributed by atoms with van der Waals surface area (Å²) in [4.78, 5) is 38.1. The summed E-state index contributed by atoms with van der Waals surface area (Å²) in [6.07, 6.45) is -0.101. The zero-order valence-corrected chi connectivity index (χ0v) is 19.1. The fraction of sp³-hybridized carbons (Fsp3) is 0.250. The monoisotopic (exact) mass is 489 g/mol. The fourth-order valence-corrected chi connectivity index (χ4v) is 4.32. The van der Waals surface area contributed by atoms with Gasteiger partial charge in [0.15, 0.2) is 0 Å². The number of halogens is 1. The predicted molar refractivity (Wildman–Crippen MR) is 119 cm³/mol. The number of rotatable bonds is 7. The Bertz CT molecular complexity index is 1290. The first kappa shape index (κ1) is 23.5. The van der Waals surface area contributed by atoms with Crippen LogP contribution >= 0.6 is 7.75 Å². The quantitative estimate of drug-likeness (QED) is 0.474. The Balaban J connectivity index is 1.50. The smallest absolute Gasteiger partial charge is 0.429 e. The number of benzene rings is 1. The summed E-state index contributed by atoms with van der Waals surface area (Å²) in [5.74, 6) is -0.240. The molecule has 178 valence electrons. The lowest BCUT2D eigenvalue weighted by Gasteiger charge is -2.26. The van der Waals surface area contributed by atoms with Crippen molar-refractivity contribution in [1.29, 1.82) is 0 Å². The van der Waals surface area contributed by atoms with Crippen molar-refractivity contribution in [2.24, 2.45) is 7.05 Å². The molecule has 0 unspecified atom stereocenters. The maximum absolute atomic E-state index is 14.9. The molecule has 0 radical (unpaired) electrons. The van der Waals surface area contributed by atoms with Crippen LogP contribution in [-0.2, 0) is 16.3 Å². The molecule has 1 aliphatic heterocycles. The van der Waals surface area contributed by atoms with Crippen LogP contribution in [0.4, 0.5) is 14.9 Å². The molecular weight excluding hydrogens is 468 g/mol. The van der Waals surface area contributed by atoms with Crippen LogP contribution in [0.3, 0.4) is 0 Å². The van der Waals surface area contributed by atoms with Gasteiger partial charge in [-0.3, -0.25) is 14.6 Å². The van der Waals surface area contributed by atoms with Crippen molar-refractivity contribution >= 4 is 19.5 Å². The summed E-state index contributed by atoms with van der Waals surface area (Å²) in [7, 11) is -2.99. The fourth-order valence-electron chi connectivity index (χ4n) is 3.48. The second-order valence-corrected chi connectivity index (χ2v) is 9.16. The van der Waals surface area contributed by atoms with Gasteiger partial charge in [0.1, 0.15) is 17.6 Å². The summed E-state index contributed by atoms with van der Waals surface area (Å²) in [5.41, 5.74) is 1.65. The van der Waals surface area contributed by atoms with Gasteiger partial charge >= 0.3 is 13.8 Å². The number of allylic oxidation sites excluding steroid dienone is 1. The lowest BCUT2D eigenvalue weighted by Crippen LogP contribution is -2.32. The number of tetrazole rings is 1. The molecule has 1 aliphatic rings. The maximum atomic E-state index is 14.9. The highest BCUT2D eigenvalue weighted by molar-refractivity contribution is 7.49. The summed E-state index contributed by atoms with van der Waals surface area (Å²) in [6.45, 7) is 4.73. The molecular formula is C20H21FN7O5P. The molecule has 2 aromatic heterocycles. The van der Waals surface area contributed by atoms with Crippen molar-refractivity contribution in [3.05, 3.63) is 54.6 Å². The molecule has 3 aromatic rings. The number of anilines is 1. The van der Waals surface area contributed by atoms with Crippen LogP contribution in [0, 0.1) is 5.82 Å². The maximum Gasteiger partial charge on any atom is 0.429 e. The van der Waals surface area contributed by atoms with Crippen molar-refractivity contribution in [3.8, 4) is 22.6 Å². The van der Waals surface area contributed by atoms with Gasteiger partial charge in [0.05, 0.1) is 25.8 Å². The van der Waals surface area contributed by atoms with Crippen molar-refractivity contribution in [1.82, 2.24) is 29.9 Å². The topological polar surface area (TPSA) is 147 Å². The average Bonchev–Trinajstić information content (AvgIpc) is 3.36. The number of hydrogen-bond acceptors (Lipinski definition) is 7. The summed E-state index contributed by atoms with van der Waals surface area (Å²) in [5, 5.41) is 11.7. The van der Waals surface area contributed by atoms with Crippen molar-refractivity contribution in [2.75, 3.05) is 18.0 Å². The van der Waals surface area contributed by atoms with Crippen LogP contribution in [0.2, 0.25) is 0 Å². The third kappa shape index (κ3) is 4.81. The number of carbonyl (C=O) groups is 1. The van der Waals surface area contributed by atoms with Crippen LogP contribution in [0.15, 0.2) is 48.8 Å². The van der Waals surface area contributed by atoms with Gasteiger partial charge in [-0.05, 0) is 36.4 Å². The minimum Gasteiger partial charge on any atom is -0.442 e. The number of nitrogens with zero attached hydrogens (tertiary/aromatic N) is 7. The SMILES string of the molecule is C=C(C)N(C[C@H]1CN(c2ccc(-c3ccc(-c4nnn(C)n4)nc3)c(F)c2)C(=O)O1)P(=O)(O)O. The Kier molecular flexibility index (Phi) is 6.17. The zero-order valence-electron chi connectivity index (χ0n) is 18.2. The molecule has 14 heteroatoms. The lowest BCUT2D eigenvalue weighted by atomic mass is 10.1. The summed E-state index contributed by atoms with van der Waals surface area (Å²) in [6, 6.07) is 7.58. The van der Waals surface area contributed by atoms with Crippen LogP contribution in [0.25, 0.3) is 22.6 Å². The van der Waals surface area contributed by atoms with E-state index < -0.39 is 25.8 Å². The van der Waals surface area contributed by atoms with Crippen LogP contribution in [-0.4, -0.2) is 64.9 Å². The largest absolute Gasteiger partial charge is 0.442 e. The van der Waals surface area contributed by atoms with E-state index in [1.54, 1.807) is 25.2 Å². The molecule has 4 rings (SSSR count). The first-order valence-corrected chi connectivity index (χ1v) is 11.6. The van der Waals surface area contributed by atoms with E-state index in [9.17, 15) is 23.5 Å². The van der Waals surface area contributed by atoms with Gasteiger partial charge in [-0.15, -0.1) is 10.2 Å². The van der Waals surface area contributed by atoms with Gasteiger partial charge < -0.3 is 14.5 Å². The molecule has 0 spiro atoms. The highest BCUT2D eigenvalue weighted by atomic mass is 31.2. The molecule has 0 saturated carbocycles. The van der Waals surface area contributed by atoms with Crippen LogP contribution in [0.5, 0.6) is 0 Å². The number of hydrogen-bond donors (Lipinski definition) is 2. The van der Waals surface area contributed by atoms with Crippen molar-refractivity contribution in [2.45, 2.75) is 13.0 Å². The molecule has 0 bridgehead atoms. The second-order valence-electron chi connectivity index (χ2n) is 7.65. The molecule has 34 heavy (non-hydrogen) atoms. The number of ether oxygens (including phenoxy) is 1. The summed E-state index contributed by atoms with van der Waals surface area (Å²) < 4.78 is 32.6. The molecule has 2 N–H and O–H groups in total. The second kappa shape index (κ2) is 8.93. The lowest BCUT2D eigenvalue weighted by molar-refractivity contribution is 0.127. The first-order valence-electron chi connectivity index (χ1n) is 10.0. The van der Waals surface area contributed by atoms with E-state index in [2.05, 4.69) is 27.0 Å². The van der Waals surface area contributed by atoms with Gasteiger partial charge in [-0.25, -0.2) is 13.8 Å². The highest BCUT2D eigenvalue weighted by Crippen LogP contribution is 2.43. The number of amides is 1. The van der Waals surface area contributed by atoms with Gasteiger partial charge in [-0.1, -0.05) is 12.6 Å². The van der Waals surface area contributed by atoms with Crippen molar-refractivity contribution < 1.29 is 28.3 Å². The average molecular weight is 489 g/mol. The van der Waals surface area contributed by atoms with Gasteiger partial charge in [0.25, 0.3) is 0 Å². The zero-order chi connectivity index (χ0) is 24.6. The van der Waals surface area contributed by atoms with Gasteiger partial charge in [-0.2, -0.15) is 4.80 Å². The molecule has 1 aromatic carbocycles. The normalized spacial score (nSPS) is 16.0. The van der Waals surface area contributed by atoms with E-state index >= 15 is 0 Å². The van der Waals surface area contributed by atoms with E-state index in [0.29, 0.717) is 17.1 Å². The molecule has 3 heterocycles. The highest BCUT2D eigenvalue weighted by Gasteiger charge is 2.37. The Morgan fingerprint density at radius 2 is 2.12 bits per heavy atom. The minimum absolute atomic E-state index is 0.0111. The molecule has 12 nitrogen and oxygen atoms in total.